The summed E-state index contributed by atoms with van der Waals surface area (Å²) in [7, 11) is 1.77. The maximum absolute atomic E-state index is 5.26. The van der Waals surface area contributed by atoms with Crippen LogP contribution in [0, 0.1) is 0 Å². The highest BCUT2D eigenvalue weighted by molar-refractivity contribution is 7.99. The van der Waals surface area contributed by atoms with E-state index in [1.807, 2.05) is 0 Å². The number of hydrogen-bond acceptors (Lipinski definition) is 3. The fourth-order valence-corrected chi connectivity index (χ4v) is 2.59. The Labute approximate surface area is 73.2 Å². The predicted octanol–water partition coefficient (Wildman–Crippen LogP) is 1.77. The standard InChI is InChI=1S/C8H17NOS/c1-3-9(10-2)8-4-6-11-7-5-8/h8H,3-7H2,1-2H3. The fourth-order valence-electron chi connectivity index (χ4n) is 1.51. The van der Waals surface area contributed by atoms with Gasteiger partial charge in [-0.05, 0) is 24.3 Å². The summed E-state index contributed by atoms with van der Waals surface area (Å²) in [5.74, 6) is 2.59. The third-order valence-electron chi connectivity index (χ3n) is 2.14. The second kappa shape index (κ2) is 5.01. The Hall–Kier alpha value is 0.270. The van der Waals surface area contributed by atoms with E-state index in [2.05, 4.69) is 23.7 Å². The third kappa shape index (κ3) is 2.65. The molecule has 0 amide bonds. The molecule has 0 bridgehead atoms. The topological polar surface area (TPSA) is 12.5 Å². The molecular weight excluding hydrogens is 158 g/mol. The highest BCUT2D eigenvalue weighted by Gasteiger charge is 2.19. The van der Waals surface area contributed by atoms with Gasteiger partial charge in [0.2, 0.25) is 0 Å². The van der Waals surface area contributed by atoms with Gasteiger partial charge in [-0.25, -0.2) is 0 Å². The summed E-state index contributed by atoms with van der Waals surface area (Å²) in [4.78, 5) is 5.26. The van der Waals surface area contributed by atoms with Crippen molar-refractivity contribution in [1.29, 1.82) is 0 Å². The molecule has 0 aromatic heterocycles. The van der Waals surface area contributed by atoms with Crippen molar-refractivity contribution in [3.05, 3.63) is 0 Å². The second-order valence-electron chi connectivity index (χ2n) is 2.76. The number of hydrogen-bond donors (Lipinski definition) is 0. The zero-order valence-electron chi connectivity index (χ0n) is 7.38. The lowest BCUT2D eigenvalue weighted by Gasteiger charge is -2.30. The first-order valence-corrected chi connectivity index (χ1v) is 5.42. The summed E-state index contributed by atoms with van der Waals surface area (Å²) in [5.41, 5.74) is 0. The first kappa shape index (κ1) is 9.36. The van der Waals surface area contributed by atoms with Crippen LogP contribution in [0.3, 0.4) is 0 Å². The average Bonchev–Trinajstić information content (AvgIpc) is 2.09. The van der Waals surface area contributed by atoms with Crippen LogP contribution in [0.4, 0.5) is 0 Å². The molecule has 1 aliphatic heterocycles. The zero-order valence-corrected chi connectivity index (χ0v) is 8.19. The molecule has 0 atom stereocenters. The minimum atomic E-state index is 0.672. The first-order chi connectivity index (χ1) is 5.38. The summed E-state index contributed by atoms with van der Waals surface area (Å²) in [6.07, 6.45) is 2.57. The molecule has 3 heteroatoms. The zero-order chi connectivity index (χ0) is 8.10. The van der Waals surface area contributed by atoms with E-state index in [9.17, 15) is 0 Å². The molecule has 1 fully saturated rings. The van der Waals surface area contributed by atoms with Crippen LogP contribution in [0.2, 0.25) is 0 Å². The summed E-state index contributed by atoms with van der Waals surface area (Å²) in [6, 6.07) is 0.672. The van der Waals surface area contributed by atoms with Crippen LogP contribution in [0.5, 0.6) is 0 Å². The monoisotopic (exact) mass is 175 g/mol. The van der Waals surface area contributed by atoms with E-state index in [4.69, 9.17) is 4.84 Å². The normalized spacial score (nSPS) is 21.0. The molecule has 0 spiro atoms. The van der Waals surface area contributed by atoms with Gasteiger partial charge in [-0.2, -0.15) is 16.8 Å². The van der Waals surface area contributed by atoms with Crippen molar-refractivity contribution in [1.82, 2.24) is 5.06 Å². The summed E-state index contributed by atoms with van der Waals surface area (Å²) in [5, 5.41) is 2.10. The molecule has 0 aromatic rings. The Kier molecular flexibility index (Phi) is 4.26. The number of thioether (sulfide) groups is 1. The van der Waals surface area contributed by atoms with Crippen molar-refractivity contribution >= 4 is 11.8 Å². The van der Waals surface area contributed by atoms with Crippen molar-refractivity contribution in [3.63, 3.8) is 0 Å². The van der Waals surface area contributed by atoms with Crippen molar-refractivity contribution < 1.29 is 4.84 Å². The van der Waals surface area contributed by atoms with E-state index < -0.39 is 0 Å². The van der Waals surface area contributed by atoms with Gasteiger partial charge in [0.1, 0.15) is 0 Å². The maximum atomic E-state index is 5.26. The largest absolute Gasteiger partial charge is 0.302 e. The molecule has 0 saturated carbocycles. The lowest BCUT2D eigenvalue weighted by Crippen LogP contribution is -2.36. The molecule has 0 unspecified atom stereocenters. The van der Waals surface area contributed by atoms with E-state index >= 15 is 0 Å². The molecule has 1 heterocycles. The van der Waals surface area contributed by atoms with E-state index in [1.54, 1.807) is 7.11 Å². The Balaban J connectivity index is 2.30. The van der Waals surface area contributed by atoms with Crippen LogP contribution in [0.1, 0.15) is 19.8 Å². The van der Waals surface area contributed by atoms with Crippen molar-refractivity contribution in [3.8, 4) is 0 Å². The van der Waals surface area contributed by atoms with Crippen molar-refractivity contribution in [2.45, 2.75) is 25.8 Å². The second-order valence-corrected chi connectivity index (χ2v) is 3.98. The van der Waals surface area contributed by atoms with Crippen LogP contribution in [0.15, 0.2) is 0 Å². The molecule has 0 aliphatic carbocycles. The van der Waals surface area contributed by atoms with Gasteiger partial charge in [-0.1, -0.05) is 6.92 Å². The lowest BCUT2D eigenvalue weighted by molar-refractivity contribution is -0.159. The molecule has 0 aromatic carbocycles. The molecule has 66 valence electrons. The Morgan fingerprint density at radius 1 is 1.45 bits per heavy atom. The molecule has 0 N–H and O–H groups in total. The molecular formula is C8H17NOS. The summed E-state index contributed by atoms with van der Waals surface area (Å²) in [6.45, 7) is 3.15. The van der Waals surface area contributed by atoms with E-state index in [0.29, 0.717) is 6.04 Å². The quantitative estimate of drug-likeness (QED) is 0.607. The lowest BCUT2D eigenvalue weighted by atomic mass is 10.1. The molecule has 11 heavy (non-hydrogen) atoms. The Morgan fingerprint density at radius 2 is 2.09 bits per heavy atom. The molecule has 2 nitrogen and oxygen atoms in total. The van der Waals surface area contributed by atoms with Crippen LogP contribution in [0.25, 0.3) is 0 Å². The van der Waals surface area contributed by atoms with Crippen molar-refractivity contribution in [2.24, 2.45) is 0 Å². The van der Waals surface area contributed by atoms with Gasteiger partial charge in [0, 0.05) is 12.6 Å². The third-order valence-corrected chi connectivity index (χ3v) is 3.19. The molecule has 1 aliphatic rings. The van der Waals surface area contributed by atoms with Crippen molar-refractivity contribution in [2.75, 3.05) is 25.2 Å². The van der Waals surface area contributed by atoms with Gasteiger partial charge in [0.05, 0.1) is 7.11 Å². The number of nitrogens with zero attached hydrogens (tertiary/aromatic N) is 1. The van der Waals surface area contributed by atoms with Crippen LogP contribution in [-0.2, 0) is 4.84 Å². The predicted molar refractivity (Wildman–Crippen MR) is 49.7 cm³/mol. The average molecular weight is 175 g/mol. The van der Waals surface area contributed by atoms with Gasteiger partial charge >= 0.3 is 0 Å². The Bertz CT molecular complexity index is 100. The minimum absolute atomic E-state index is 0.672. The summed E-state index contributed by atoms with van der Waals surface area (Å²) >= 11 is 2.05. The van der Waals surface area contributed by atoms with E-state index in [1.165, 1.54) is 24.3 Å². The van der Waals surface area contributed by atoms with E-state index in [0.717, 1.165) is 6.54 Å². The highest BCUT2D eigenvalue weighted by Crippen LogP contribution is 2.21. The van der Waals surface area contributed by atoms with Crippen LogP contribution >= 0.6 is 11.8 Å². The Morgan fingerprint density at radius 3 is 2.55 bits per heavy atom. The fraction of sp³-hybridized carbons (Fsp3) is 1.00. The number of rotatable bonds is 3. The minimum Gasteiger partial charge on any atom is -0.302 e. The van der Waals surface area contributed by atoms with E-state index in [-0.39, 0.29) is 0 Å². The van der Waals surface area contributed by atoms with Crippen LogP contribution < -0.4 is 0 Å². The first-order valence-electron chi connectivity index (χ1n) is 4.27. The molecule has 0 radical (unpaired) electrons. The van der Waals surface area contributed by atoms with Gasteiger partial charge in [-0.15, -0.1) is 0 Å². The van der Waals surface area contributed by atoms with Gasteiger partial charge in [-0.3, -0.25) is 0 Å². The highest BCUT2D eigenvalue weighted by atomic mass is 32.2. The SMILES string of the molecule is CCN(OC)C1CCSCC1. The van der Waals surface area contributed by atoms with Crippen LogP contribution in [-0.4, -0.2) is 36.3 Å². The molecule has 1 rings (SSSR count). The number of hydroxylamine groups is 2. The smallest absolute Gasteiger partial charge is 0.0575 e. The summed E-state index contributed by atoms with van der Waals surface area (Å²) < 4.78 is 0. The molecule has 1 saturated heterocycles. The maximum Gasteiger partial charge on any atom is 0.0575 e. The van der Waals surface area contributed by atoms with Gasteiger partial charge in [0.25, 0.3) is 0 Å². The van der Waals surface area contributed by atoms with Gasteiger partial charge < -0.3 is 4.84 Å². The van der Waals surface area contributed by atoms with Gasteiger partial charge in [0.15, 0.2) is 0 Å².